The predicted molar refractivity (Wildman–Crippen MR) is 68.0 cm³/mol. The zero-order valence-electron chi connectivity index (χ0n) is 10.5. The lowest BCUT2D eigenvalue weighted by molar-refractivity contribution is -0.385. The van der Waals surface area contributed by atoms with E-state index >= 15 is 0 Å². The summed E-state index contributed by atoms with van der Waals surface area (Å²) < 4.78 is 18.2. The van der Waals surface area contributed by atoms with E-state index < -0.39 is 22.5 Å². The summed E-state index contributed by atoms with van der Waals surface area (Å²) in [5.41, 5.74) is 0.109. The van der Waals surface area contributed by atoms with Gasteiger partial charge in [-0.2, -0.15) is 0 Å². The number of rotatable bonds is 4. The van der Waals surface area contributed by atoms with Crippen LogP contribution in [0.5, 0.6) is 11.6 Å². The molecule has 7 heteroatoms. The quantitative estimate of drug-likeness (QED) is 0.686. The molecular weight excluding hydrogens is 267 g/mol. The first-order valence-electron chi connectivity index (χ1n) is 5.73. The molecule has 1 aromatic carbocycles. The molecule has 104 valence electrons. The highest BCUT2D eigenvalue weighted by Crippen LogP contribution is 2.31. The van der Waals surface area contributed by atoms with Crippen LogP contribution >= 0.6 is 0 Å². The van der Waals surface area contributed by atoms with Gasteiger partial charge in [0.05, 0.1) is 17.1 Å². The molecule has 1 aromatic heterocycles. The van der Waals surface area contributed by atoms with E-state index in [0.29, 0.717) is 5.56 Å². The van der Waals surface area contributed by atoms with E-state index in [1.165, 1.54) is 12.3 Å². The molecule has 2 aromatic rings. The minimum atomic E-state index is -0.734. The standard InChI is InChI=1S/C13H11FN2O4/c1-8(17)9-2-5-13(15-7-9)20-12-4-3-10(14)6-11(12)16(18)19/h2-8,17H,1H3. The third-order valence-electron chi connectivity index (χ3n) is 2.57. The molecule has 2 rings (SSSR count). The van der Waals surface area contributed by atoms with Gasteiger partial charge in [0.15, 0.2) is 0 Å². The van der Waals surface area contributed by atoms with Gasteiger partial charge >= 0.3 is 5.69 Å². The zero-order chi connectivity index (χ0) is 14.7. The lowest BCUT2D eigenvalue weighted by Crippen LogP contribution is -1.97. The number of halogens is 1. The van der Waals surface area contributed by atoms with Crippen LogP contribution in [0.3, 0.4) is 0 Å². The number of hydrogen-bond acceptors (Lipinski definition) is 5. The van der Waals surface area contributed by atoms with Crippen LogP contribution in [0.1, 0.15) is 18.6 Å². The molecule has 0 radical (unpaired) electrons. The Hall–Kier alpha value is -2.54. The first-order chi connectivity index (χ1) is 9.47. The molecule has 0 amide bonds. The lowest BCUT2D eigenvalue weighted by atomic mass is 10.2. The fourth-order valence-electron chi connectivity index (χ4n) is 1.53. The van der Waals surface area contributed by atoms with Crippen molar-refractivity contribution in [2.75, 3.05) is 0 Å². The van der Waals surface area contributed by atoms with Crippen LogP contribution in [0.15, 0.2) is 36.5 Å². The summed E-state index contributed by atoms with van der Waals surface area (Å²) in [5.74, 6) is -0.709. The Morgan fingerprint density at radius 1 is 1.40 bits per heavy atom. The first-order valence-corrected chi connectivity index (χ1v) is 5.73. The average molecular weight is 278 g/mol. The Morgan fingerprint density at radius 3 is 2.70 bits per heavy atom. The Labute approximate surface area is 113 Å². The van der Waals surface area contributed by atoms with Crippen LogP contribution in [0, 0.1) is 15.9 Å². The van der Waals surface area contributed by atoms with Crippen LogP contribution in [-0.2, 0) is 0 Å². The van der Waals surface area contributed by atoms with Gasteiger partial charge in [-0.3, -0.25) is 10.1 Å². The first kappa shape index (κ1) is 13.9. The van der Waals surface area contributed by atoms with Gasteiger partial charge in [-0.1, -0.05) is 0 Å². The molecular formula is C13H11FN2O4. The van der Waals surface area contributed by atoms with Crippen molar-refractivity contribution in [2.45, 2.75) is 13.0 Å². The van der Waals surface area contributed by atoms with Crippen molar-refractivity contribution in [3.05, 3.63) is 58.0 Å². The van der Waals surface area contributed by atoms with Crippen LogP contribution in [0.25, 0.3) is 0 Å². The molecule has 1 N–H and O–H groups in total. The number of aliphatic hydroxyl groups excluding tert-OH is 1. The van der Waals surface area contributed by atoms with Gasteiger partial charge < -0.3 is 9.84 Å². The molecule has 0 aliphatic heterocycles. The van der Waals surface area contributed by atoms with E-state index in [0.717, 1.165) is 18.2 Å². The second-order valence-corrected chi connectivity index (χ2v) is 4.08. The van der Waals surface area contributed by atoms with Crippen molar-refractivity contribution in [1.82, 2.24) is 4.98 Å². The third kappa shape index (κ3) is 3.07. The molecule has 0 bridgehead atoms. The fraction of sp³-hybridized carbons (Fsp3) is 0.154. The number of nitrogens with zero attached hydrogens (tertiary/aromatic N) is 2. The smallest absolute Gasteiger partial charge is 0.314 e. The summed E-state index contributed by atoms with van der Waals surface area (Å²) in [6, 6.07) is 6.06. The van der Waals surface area contributed by atoms with Crippen LogP contribution in [0.4, 0.5) is 10.1 Å². The van der Waals surface area contributed by atoms with Crippen LogP contribution in [-0.4, -0.2) is 15.0 Å². The number of hydrogen-bond donors (Lipinski definition) is 1. The summed E-state index contributed by atoms with van der Waals surface area (Å²) >= 11 is 0. The Kier molecular flexibility index (Phi) is 3.90. The molecule has 1 heterocycles. The van der Waals surface area contributed by atoms with Crippen LogP contribution in [0.2, 0.25) is 0 Å². The summed E-state index contributed by atoms with van der Waals surface area (Å²) in [7, 11) is 0. The van der Waals surface area contributed by atoms with Crippen molar-refractivity contribution in [1.29, 1.82) is 0 Å². The largest absolute Gasteiger partial charge is 0.432 e. The predicted octanol–water partition coefficient (Wildman–Crippen LogP) is 2.97. The Bertz CT molecular complexity index is 629. The second-order valence-electron chi connectivity index (χ2n) is 4.08. The minimum Gasteiger partial charge on any atom is -0.432 e. The maximum Gasteiger partial charge on any atom is 0.314 e. The number of aliphatic hydroxyl groups is 1. The third-order valence-corrected chi connectivity index (χ3v) is 2.57. The molecule has 0 saturated heterocycles. The SMILES string of the molecule is CC(O)c1ccc(Oc2ccc(F)cc2[N+](=O)[O-])nc1. The number of aromatic nitrogens is 1. The number of nitro groups is 1. The van der Waals surface area contributed by atoms with Gasteiger partial charge in [-0.05, 0) is 30.7 Å². The molecule has 0 fully saturated rings. The second kappa shape index (κ2) is 5.62. The van der Waals surface area contributed by atoms with Gasteiger partial charge in [-0.15, -0.1) is 0 Å². The zero-order valence-corrected chi connectivity index (χ0v) is 10.5. The molecule has 1 atom stereocenters. The number of nitro benzene ring substituents is 1. The number of ether oxygens (including phenoxy) is 1. The van der Waals surface area contributed by atoms with Gasteiger partial charge in [0.1, 0.15) is 5.82 Å². The molecule has 0 spiro atoms. The van der Waals surface area contributed by atoms with E-state index in [2.05, 4.69) is 4.98 Å². The van der Waals surface area contributed by atoms with Crippen molar-refractivity contribution in [2.24, 2.45) is 0 Å². The van der Waals surface area contributed by atoms with Crippen molar-refractivity contribution in [3.8, 4) is 11.6 Å². The summed E-state index contributed by atoms with van der Waals surface area (Å²) in [6.07, 6.45) is 0.728. The lowest BCUT2D eigenvalue weighted by Gasteiger charge is -2.07. The fourth-order valence-corrected chi connectivity index (χ4v) is 1.53. The minimum absolute atomic E-state index is 0.103. The van der Waals surface area contributed by atoms with Gasteiger partial charge in [0, 0.05) is 12.3 Å². The van der Waals surface area contributed by atoms with Crippen molar-refractivity contribution < 1.29 is 19.2 Å². The number of pyridine rings is 1. The van der Waals surface area contributed by atoms with Crippen molar-refractivity contribution in [3.63, 3.8) is 0 Å². The highest BCUT2D eigenvalue weighted by Gasteiger charge is 2.17. The summed E-state index contributed by atoms with van der Waals surface area (Å²) in [5, 5.41) is 20.2. The average Bonchev–Trinajstić information content (AvgIpc) is 2.41. The molecule has 0 saturated carbocycles. The summed E-state index contributed by atoms with van der Waals surface area (Å²) in [6.45, 7) is 1.59. The van der Waals surface area contributed by atoms with Gasteiger partial charge in [0.25, 0.3) is 0 Å². The summed E-state index contributed by atoms with van der Waals surface area (Å²) in [4.78, 5) is 14.0. The van der Waals surface area contributed by atoms with E-state index in [4.69, 9.17) is 4.74 Å². The van der Waals surface area contributed by atoms with E-state index in [1.807, 2.05) is 0 Å². The maximum absolute atomic E-state index is 13.0. The Balaban J connectivity index is 2.28. The normalized spacial score (nSPS) is 11.9. The van der Waals surface area contributed by atoms with Crippen LogP contribution < -0.4 is 4.74 Å². The molecule has 20 heavy (non-hydrogen) atoms. The van der Waals surface area contributed by atoms with E-state index in [1.54, 1.807) is 13.0 Å². The molecule has 6 nitrogen and oxygen atoms in total. The highest BCUT2D eigenvalue weighted by molar-refractivity contribution is 5.47. The highest BCUT2D eigenvalue weighted by atomic mass is 19.1. The Morgan fingerprint density at radius 2 is 2.15 bits per heavy atom. The molecule has 0 aliphatic rings. The maximum atomic E-state index is 13.0. The van der Waals surface area contributed by atoms with Gasteiger partial charge in [-0.25, -0.2) is 9.37 Å². The molecule has 0 aliphatic carbocycles. The monoisotopic (exact) mass is 278 g/mol. The van der Waals surface area contributed by atoms with E-state index in [-0.39, 0.29) is 11.6 Å². The molecule has 1 unspecified atom stereocenters. The van der Waals surface area contributed by atoms with E-state index in [9.17, 15) is 19.6 Å². The van der Waals surface area contributed by atoms with Crippen molar-refractivity contribution >= 4 is 5.69 Å². The van der Waals surface area contributed by atoms with Gasteiger partial charge in [0.2, 0.25) is 11.6 Å². The topological polar surface area (TPSA) is 85.5 Å². The number of benzene rings is 1.